The lowest BCUT2D eigenvalue weighted by Crippen LogP contribution is -2.29. The Morgan fingerprint density at radius 1 is 1.06 bits per heavy atom. The number of nitro benzene ring substituents is 1. The second-order valence-corrected chi connectivity index (χ2v) is 8.19. The minimum atomic E-state index is -1.04. The number of carbonyl (C=O) groups excluding carboxylic acids is 2. The molecule has 0 bridgehead atoms. The largest absolute Gasteiger partial charge is 0.507 e. The molecule has 1 N–H and O–H groups in total. The monoisotopic (exact) mass is 498 g/mol. The zero-order valence-corrected chi connectivity index (χ0v) is 19.1. The number of ether oxygens (including phenoxy) is 1. The van der Waals surface area contributed by atoms with Gasteiger partial charge in [-0.3, -0.25) is 24.6 Å². The van der Waals surface area contributed by atoms with Gasteiger partial charge >= 0.3 is 0 Å². The SMILES string of the molecule is COc1ccc(N2C(=O)C(=O)C(=C(O)c3cccc([N+](=O)[O-])c3)C2c2ccc(Cl)cc2)cc1Cl. The Balaban J connectivity index is 1.94. The van der Waals surface area contributed by atoms with E-state index in [9.17, 15) is 24.8 Å². The maximum atomic E-state index is 13.2. The second-order valence-electron chi connectivity index (χ2n) is 7.35. The van der Waals surface area contributed by atoms with Gasteiger partial charge in [0.25, 0.3) is 17.4 Å². The molecule has 0 aliphatic carbocycles. The average molecular weight is 499 g/mol. The molecular weight excluding hydrogens is 483 g/mol. The Bertz CT molecular complexity index is 1350. The molecule has 3 aromatic rings. The van der Waals surface area contributed by atoms with E-state index in [1.165, 1.54) is 36.3 Å². The molecule has 1 amide bonds. The topological polar surface area (TPSA) is 110 Å². The minimum absolute atomic E-state index is 0.0268. The number of aliphatic hydroxyl groups excluding tert-OH is 1. The van der Waals surface area contributed by atoms with Crippen molar-refractivity contribution in [3.63, 3.8) is 0 Å². The van der Waals surface area contributed by atoms with Crippen LogP contribution in [0.4, 0.5) is 11.4 Å². The zero-order valence-electron chi connectivity index (χ0n) is 17.6. The Hall–Kier alpha value is -3.88. The predicted molar refractivity (Wildman–Crippen MR) is 127 cm³/mol. The molecule has 4 rings (SSSR count). The first kappa shape index (κ1) is 23.3. The van der Waals surface area contributed by atoms with Gasteiger partial charge in [-0.05, 0) is 35.9 Å². The summed E-state index contributed by atoms with van der Waals surface area (Å²) in [6.45, 7) is 0. The zero-order chi connectivity index (χ0) is 24.6. The van der Waals surface area contributed by atoms with Gasteiger partial charge < -0.3 is 9.84 Å². The van der Waals surface area contributed by atoms with E-state index in [1.807, 2.05) is 0 Å². The van der Waals surface area contributed by atoms with Crippen molar-refractivity contribution in [3.8, 4) is 5.75 Å². The maximum Gasteiger partial charge on any atom is 0.300 e. The summed E-state index contributed by atoms with van der Waals surface area (Å²) < 4.78 is 5.16. The van der Waals surface area contributed by atoms with Crippen molar-refractivity contribution in [1.29, 1.82) is 0 Å². The third-order valence-corrected chi connectivity index (χ3v) is 5.92. The van der Waals surface area contributed by atoms with Gasteiger partial charge in [0, 0.05) is 28.4 Å². The number of anilines is 1. The summed E-state index contributed by atoms with van der Waals surface area (Å²) in [5.74, 6) is -2.00. The third-order valence-electron chi connectivity index (χ3n) is 5.37. The average Bonchev–Trinajstić information content (AvgIpc) is 3.09. The van der Waals surface area contributed by atoms with Gasteiger partial charge in [-0.2, -0.15) is 0 Å². The lowest BCUT2D eigenvalue weighted by molar-refractivity contribution is -0.384. The quantitative estimate of drug-likeness (QED) is 0.162. The molecule has 1 unspecified atom stereocenters. The first-order valence-electron chi connectivity index (χ1n) is 9.87. The third kappa shape index (κ3) is 4.09. The van der Waals surface area contributed by atoms with E-state index in [0.29, 0.717) is 22.0 Å². The highest BCUT2D eigenvalue weighted by Gasteiger charge is 2.47. The fourth-order valence-corrected chi connectivity index (χ4v) is 4.16. The van der Waals surface area contributed by atoms with E-state index < -0.39 is 28.4 Å². The molecule has 3 aromatic carbocycles. The minimum Gasteiger partial charge on any atom is -0.507 e. The predicted octanol–water partition coefficient (Wildman–Crippen LogP) is 5.54. The van der Waals surface area contributed by atoms with Crippen molar-refractivity contribution >= 4 is 52.0 Å². The van der Waals surface area contributed by atoms with Crippen molar-refractivity contribution in [1.82, 2.24) is 0 Å². The summed E-state index contributed by atoms with van der Waals surface area (Å²) in [5, 5.41) is 22.9. The van der Waals surface area contributed by atoms with Gasteiger partial charge in [0.2, 0.25) is 0 Å². The molecule has 1 heterocycles. The number of amides is 1. The molecule has 172 valence electrons. The highest BCUT2D eigenvalue weighted by Crippen LogP contribution is 2.44. The van der Waals surface area contributed by atoms with Crippen LogP contribution in [0.25, 0.3) is 5.76 Å². The van der Waals surface area contributed by atoms with Gasteiger partial charge in [0.1, 0.15) is 11.5 Å². The molecular formula is C24H16Cl2N2O6. The number of Topliss-reactive ketones (excluding diaryl/α,β-unsaturated/α-hetero) is 1. The van der Waals surface area contributed by atoms with Crippen molar-refractivity contribution < 1.29 is 24.4 Å². The van der Waals surface area contributed by atoms with Crippen LogP contribution in [0, 0.1) is 10.1 Å². The summed E-state index contributed by atoms with van der Waals surface area (Å²) in [4.78, 5) is 38.1. The van der Waals surface area contributed by atoms with E-state index in [4.69, 9.17) is 27.9 Å². The first-order chi connectivity index (χ1) is 16.2. The van der Waals surface area contributed by atoms with E-state index in [2.05, 4.69) is 0 Å². The molecule has 0 radical (unpaired) electrons. The molecule has 10 heteroatoms. The van der Waals surface area contributed by atoms with Crippen LogP contribution in [0.1, 0.15) is 17.2 Å². The van der Waals surface area contributed by atoms with Crippen LogP contribution in [0.2, 0.25) is 10.0 Å². The molecule has 1 atom stereocenters. The molecule has 0 spiro atoms. The number of aliphatic hydroxyl groups is 1. The normalized spacial score (nSPS) is 17.1. The Morgan fingerprint density at radius 2 is 1.76 bits per heavy atom. The summed E-state index contributed by atoms with van der Waals surface area (Å²) in [6.07, 6.45) is 0. The van der Waals surface area contributed by atoms with Crippen LogP contribution in [0.5, 0.6) is 5.75 Å². The smallest absolute Gasteiger partial charge is 0.300 e. The molecule has 1 aliphatic rings. The highest BCUT2D eigenvalue weighted by atomic mass is 35.5. The molecule has 0 saturated carbocycles. The fraction of sp³-hybridized carbons (Fsp3) is 0.0833. The van der Waals surface area contributed by atoms with Gasteiger partial charge in [0.15, 0.2) is 0 Å². The van der Waals surface area contributed by atoms with Crippen LogP contribution in [-0.2, 0) is 9.59 Å². The first-order valence-corrected chi connectivity index (χ1v) is 10.6. The van der Waals surface area contributed by atoms with Crippen molar-refractivity contribution in [3.05, 3.63) is 104 Å². The van der Waals surface area contributed by atoms with Crippen molar-refractivity contribution in [2.75, 3.05) is 12.0 Å². The summed E-state index contributed by atoms with van der Waals surface area (Å²) in [7, 11) is 1.44. The summed E-state index contributed by atoms with van der Waals surface area (Å²) >= 11 is 12.3. The van der Waals surface area contributed by atoms with Crippen LogP contribution >= 0.6 is 23.2 Å². The van der Waals surface area contributed by atoms with Crippen molar-refractivity contribution in [2.45, 2.75) is 6.04 Å². The molecule has 1 aliphatic heterocycles. The van der Waals surface area contributed by atoms with Crippen molar-refractivity contribution in [2.24, 2.45) is 0 Å². The Morgan fingerprint density at radius 3 is 2.38 bits per heavy atom. The van der Waals surface area contributed by atoms with Gasteiger partial charge in [-0.15, -0.1) is 0 Å². The molecule has 1 saturated heterocycles. The number of non-ortho nitro benzene ring substituents is 1. The lowest BCUT2D eigenvalue weighted by atomic mass is 9.95. The van der Waals surface area contributed by atoms with Gasteiger partial charge in [-0.25, -0.2) is 0 Å². The number of ketones is 1. The van der Waals surface area contributed by atoms with Crippen LogP contribution in [0.15, 0.2) is 72.3 Å². The number of benzene rings is 3. The number of nitrogens with zero attached hydrogens (tertiary/aromatic N) is 2. The second kappa shape index (κ2) is 9.17. The molecule has 0 aromatic heterocycles. The number of carbonyl (C=O) groups is 2. The number of hydrogen-bond acceptors (Lipinski definition) is 6. The van der Waals surface area contributed by atoms with E-state index in [1.54, 1.807) is 36.4 Å². The fourth-order valence-electron chi connectivity index (χ4n) is 3.79. The molecule has 34 heavy (non-hydrogen) atoms. The lowest BCUT2D eigenvalue weighted by Gasteiger charge is -2.26. The number of methoxy groups -OCH3 is 1. The summed E-state index contributed by atoms with van der Waals surface area (Å²) in [6, 6.07) is 15.2. The summed E-state index contributed by atoms with van der Waals surface area (Å²) in [5.41, 5.74) is 0.315. The highest BCUT2D eigenvalue weighted by molar-refractivity contribution is 6.52. The number of hydrogen-bond donors (Lipinski definition) is 1. The Kier molecular flexibility index (Phi) is 6.28. The van der Waals surface area contributed by atoms with E-state index in [0.717, 1.165) is 6.07 Å². The molecule has 8 nitrogen and oxygen atoms in total. The van der Waals surface area contributed by atoms with Gasteiger partial charge in [-0.1, -0.05) is 47.5 Å². The standard InChI is InChI=1S/C24H16Cl2N2O6/c1-34-19-10-9-16(12-18(19)26)27-21(13-5-7-15(25)8-6-13)20(23(30)24(27)31)22(29)14-3-2-4-17(11-14)28(32)33/h2-12,21,29H,1H3. The van der Waals surface area contributed by atoms with Crippen LogP contribution < -0.4 is 9.64 Å². The maximum absolute atomic E-state index is 13.2. The molecule has 1 fully saturated rings. The van der Waals surface area contributed by atoms with Crippen LogP contribution in [-0.4, -0.2) is 28.8 Å². The number of halogens is 2. The van der Waals surface area contributed by atoms with E-state index in [-0.39, 0.29) is 21.8 Å². The van der Waals surface area contributed by atoms with Crippen LogP contribution in [0.3, 0.4) is 0 Å². The Labute approximate surface area is 203 Å². The number of rotatable bonds is 5. The number of nitro groups is 1. The van der Waals surface area contributed by atoms with Gasteiger partial charge in [0.05, 0.1) is 28.7 Å². The van der Waals surface area contributed by atoms with E-state index >= 15 is 0 Å².